The molecule has 0 aromatic carbocycles. The highest BCUT2D eigenvalue weighted by Crippen LogP contribution is 1.97. The molecule has 0 radical (unpaired) electrons. The minimum Gasteiger partial charge on any atom is -0.465 e. The molecule has 7 heteroatoms. The van der Waals surface area contributed by atoms with E-state index in [0.29, 0.717) is 0 Å². The summed E-state index contributed by atoms with van der Waals surface area (Å²) in [5.74, 6) is -3.32. The summed E-state index contributed by atoms with van der Waals surface area (Å²) in [7, 11) is -3.80. The van der Waals surface area contributed by atoms with Crippen molar-refractivity contribution < 1.29 is 27.5 Å². The van der Waals surface area contributed by atoms with Gasteiger partial charge in [-0.3, -0.25) is 9.59 Å². The molecule has 0 spiro atoms. The first-order valence-corrected chi connectivity index (χ1v) is 6.64. The number of esters is 2. The highest BCUT2D eigenvalue weighted by Gasteiger charge is 2.22. The molecule has 0 saturated carbocycles. The van der Waals surface area contributed by atoms with E-state index in [0.717, 1.165) is 0 Å². The van der Waals surface area contributed by atoms with E-state index in [1.54, 1.807) is 20.8 Å². The average molecular weight is 252 g/mol. The summed E-state index contributed by atoms with van der Waals surface area (Å²) in [5.41, 5.74) is 0. The molecule has 94 valence electrons. The molecule has 0 aromatic rings. The zero-order valence-corrected chi connectivity index (χ0v) is 10.4. The van der Waals surface area contributed by atoms with Crippen molar-refractivity contribution in [3.63, 3.8) is 0 Å². The lowest BCUT2D eigenvalue weighted by Gasteiger charge is -2.08. The van der Waals surface area contributed by atoms with Gasteiger partial charge in [0.2, 0.25) is 0 Å². The number of carbonyl (C=O) groups excluding carboxylic acids is 2. The second kappa shape index (κ2) is 6.47. The van der Waals surface area contributed by atoms with Gasteiger partial charge in [0.25, 0.3) is 0 Å². The quantitative estimate of drug-likeness (QED) is 0.614. The molecule has 6 nitrogen and oxygen atoms in total. The van der Waals surface area contributed by atoms with Gasteiger partial charge in [-0.15, -0.1) is 0 Å². The summed E-state index contributed by atoms with van der Waals surface area (Å²) in [6.07, 6.45) is -0.384. The first-order chi connectivity index (χ1) is 7.26. The summed E-state index contributed by atoms with van der Waals surface area (Å²) >= 11 is 0. The molecule has 0 fully saturated rings. The Labute approximate surface area is 94.8 Å². The van der Waals surface area contributed by atoms with Gasteiger partial charge in [-0.1, -0.05) is 0 Å². The Bertz CT molecular complexity index is 343. The van der Waals surface area contributed by atoms with Crippen LogP contribution in [0.1, 0.15) is 20.8 Å². The highest BCUT2D eigenvalue weighted by molar-refractivity contribution is 7.92. The van der Waals surface area contributed by atoms with Crippen LogP contribution in [-0.4, -0.2) is 44.6 Å². The van der Waals surface area contributed by atoms with Crippen LogP contribution in [0.5, 0.6) is 0 Å². The van der Waals surface area contributed by atoms with Crippen LogP contribution < -0.4 is 0 Å². The molecule has 16 heavy (non-hydrogen) atoms. The number of carbonyl (C=O) groups is 2. The SMILES string of the molecule is CCOC(=O)CS(=O)(=O)CC(=O)OC(C)C. The fraction of sp³-hybridized carbons (Fsp3) is 0.778. The van der Waals surface area contributed by atoms with Gasteiger partial charge in [0.1, 0.15) is 11.5 Å². The van der Waals surface area contributed by atoms with Crippen LogP contribution in [0.2, 0.25) is 0 Å². The van der Waals surface area contributed by atoms with Gasteiger partial charge in [-0.25, -0.2) is 8.42 Å². The van der Waals surface area contributed by atoms with Crippen LogP contribution in [-0.2, 0) is 28.9 Å². The first-order valence-electron chi connectivity index (χ1n) is 4.82. The number of hydrogen-bond donors (Lipinski definition) is 0. The van der Waals surface area contributed by atoms with E-state index in [-0.39, 0.29) is 12.7 Å². The zero-order valence-electron chi connectivity index (χ0n) is 9.56. The Kier molecular flexibility index (Phi) is 6.02. The van der Waals surface area contributed by atoms with E-state index in [1.807, 2.05) is 0 Å². The van der Waals surface area contributed by atoms with Gasteiger partial charge in [0.15, 0.2) is 9.84 Å². The largest absolute Gasteiger partial charge is 0.465 e. The third kappa shape index (κ3) is 7.22. The fourth-order valence-electron chi connectivity index (χ4n) is 0.910. The molecule has 0 aliphatic rings. The minimum atomic E-state index is -3.80. The van der Waals surface area contributed by atoms with E-state index in [4.69, 9.17) is 0 Å². The summed E-state index contributed by atoms with van der Waals surface area (Å²) in [4.78, 5) is 22.0. The molecule has 0 rings (SSSR count). The van der Waals surface area contributed by atoms with Crippen LogP contribution >= 0.6 is 0 Å². The zero-order chi connectivity index (χ0) is 12.8. The van der Waals surface area contributed by atoms with Crippen molar-refractivity contribution in [2.45, 2.75) is 26.9 Å². The van der Waals surface area contributed by atoms with Gasteiger partial charge < -0.3 is 9.47 Å². The van der Waals surface area contributed by atoms with Gasteiger partial charge in [0.05, 0.1) is 12.7 Å². The lowest BCUT2D eigenvalue weighted by Crippen LogP contribution is -2.27. The molecule has 0 bridgehead atoms. The molecule has 0 aromatic heterocycles. The van der Waals surface area contributed by atoms with E-state index < -0.39 is 33.3 Å². The molecular formula is C9H16O6S. The van der Waals surface area contributed by atoms with Crippen molar-refractivity contribution >= 4 is 21.8 Å². The average Bonchev–Trinajstić information content (AvgIpc) is 1.98. The Morgan fingerprint density at radius 2 is 1.62 bits per heavy atom. The Balaban J connectivity index is 4.25. The van der Waals surface area contributed by atoms with E-state index in [2.05, 4.69) is 9.47 Å². The third-order valence-electron chi connectivity index (χ3n) is 1.35. The standard InChI is InChI=1S/C9H16O6S/c1-4-14-8(10)5-16(12,13)6-9(11)15-7(2)3/h7H,4-6H2,1-3H3. The molecule has 0 unspecified atom stereocenters. The van der Waals surface area contributed by atoms with Crippen LogP contribution in [0.25, 0.3) is 0 Å². The number of sulfone groups is 1. The van der Waals surface area contributed by atoms with Crippen LogP contribution in [0, 0.1) is 0 Å². The summed E-state index contributed by atoms with van der Waals surface area (Å²) in [6, 6.07) is 0. The van der Waals surface area contributed by atoms with Crippen molar-refractivity contribution in [1.82, 2.24) is 0 Å². The van der Waals surface area contributed by atoms with Gasteiger partial charge >= 0.3 is 11.9 Å². The monoisotopic (exact) mass is 252 g/mol. The normalized spacial score (nSPS) is 11.2. The Morgan fingerprint density at radius 1 is 1.12 bits per heavy atom. The smallest absolute Gasteiger partial charge is 0.321 e. The summed E-state index contributed by atoms with van der Waals surface area (Å²) in [5, 5.41) is 0. The Hall–Kier alpha value is -1.11. The molecule has 0 saturated heterocycles. The van der Waals surface area contributed by atoms with Gasteiger partial charge in [0, 0.05) is 0 Å². The first kappa shape index (κ1) is 14.9. The molecule has 0 atom stereocenters. The molecule has 0 aliphatic heterocycles. The molecule has 0 amide bonds. The molecule has 0 aliphatic carbocycles. The van der Waals surface area contributed by atoms with Crippen molar-refractivity contribution in [3.8, 4) is 0 Å². The number of rotatable bonds is 6. The van der Waals surface area contributed by atoms with Crippen LogP contribution in [0.4, 0.5) is 0 Å². The van der Waals surface area contributed by atoms with Gasteiger partial charge in [-0.05, 0) is 20.8 Å². The summed E-state index contributed by atoms with van der Waals surface area (Å²) < 4.78 is 31.7. The third-order valence-corrected chi connectivity index (χ3v) is 2.70. The molecular weight excluding hydrogens is 236 g/mol. The molecule has 0 N–H and O–H groups in total. The van der Waals surface area contributed by atoms with E-state index >= 15 is 0 Å². The van der Waals surface area contributed by atoms with Crippen molar-refractivity contribution in [3.05, 3.63) is 0 Å². The lowest BCUT2D eigenvalue weighted by atomic mass is 10.5. The van der Waals surface area contributed by atoms with Crippen molar-refractivity contribution in [1.29, 1.82) is 0 Å². The van der Waals surface area contributed by atoms with Crippen LogP contribution in [0.3, 0.4) is 0 Å². The van der Waals surface area contributed by atoms with Crippen molar-refractivity contribution in [2.24, 2.45) is 0 Å². The summed E-state index contributed by atoms with van der Waals surface area (Å²) in [6.45, 7) is 4.88. The minimum absolute atomic E-state index is 0.102. The maximum Gasteiger partial charge on any atom is 0.321 e. The van der Waals surface area contributed by atoms with E-state index in [1.165, 1.54) is 0 Å². The second-order valence-electron chi connectivity index (χ2n) is 3.38. The number of hydrogen-bond acceptors (Lipinski definition) is 6. The topological polar surface area (TPSA) is 86.7 Å². The maximum atomic E-state index is 11.3. The predicted molar refractivity (Wildman–Crippen MR) is 56.5 cm³/mol. The Morgan fingerprint density at radius 3 is 2.06 bits per heavy atom. The number of ether oxygens (including phenoxy) is 2. The fourth-order valence-corrected chi connectivity index (χ4v) is 1.88. The predicted octanol–water partition coefficient (Wildman–Crippen LogP) is -0.0841. The van der Waals surface area contributed by atoms with Gasteiger partial charge in [-0.2, -0.15) is 0 Å². The lowest BCUT2D eigenvalue weighted by molar-refractivity contribution is -0.144. The second-order valence-corrected chi connectivity index (χ2v) is 5.44. The van der Waals surface area contributed by atoms with Crippen LogP contribution in [0.15, 0.2) is 0 Å². The van der Waals surface area contributed by atoms with Crippen molar-refractivity contribution in [2.75, 3.05) is 18.1 Å². The molecule has 0 heterocycles. The van der Waals surface area contributed by atoms with E-state index in [9.17, 15) is 18.0 Å². The maximum absolute atomic E-state index is 11.3. The highest BCUT2D eigenvalue weighted by atomic mass is 32.2.